The van der Waals surface area contributed by atoms with Crippen molar-refractivity contribution in [2.75, 3.05) is 5.73 Å². The lowest BCUT2D eigenvalue weighted by atomic mass is 10.1. The van der Waals surface area contributed by atoms with E-state index in [1.165, 1.54) is 0 Å². The maximum atomic E-state index is 12.0. The second-order valence-electron chi connectivity index (χ2n) is 5.12. The first-order valence-electron chi connectivity index (χ1n) is 6.29. The van der Waals surface area contributed by atoms with Crippen molar-refractivity contribution in [1.29, 1.82) is 0 Å². The number of nitrogens with one attached hydrogen (secondary N) is 1. The fraction of sp³-hybridized carbons (Fsp3) is 0.357. The summed E-state index contributed by atoms with van der Waals surface area (Å²) < 4.78 is 2.59. The Kier molecular flexibility index (Phi) is 4.14. The zero-order valence-electron chi connectivity index (χ0n) is 11.1. The van der Waals surface area contributed by atoms with Crippen LogP contribution in [0.4, 0.5) is 5.69 Å². The van der Waals surface area contributed by atoms with E-state index in [1.807, 2.05) is 24.3 Å². The lowest BCUT2D eigenvalue weighted by Crippen LogP contribution is -2.19. The van der Waals surface area contributed by atoms with Crippen LogP contribution in [0.1, 0.15) is 25.1 Å². The molecule has 0 aliphatic carbocycles. The number of anilines is 1. The molecular formula is C14H18BrN3O. The summed E-state index contributed by atoms with van der Waals surface area (Å²) in [6.45, 7) is 4.71. The topological polar surface area (TPSA) is 63.8 Å². The van der Waals surface area contributed by atoms with Crippen molar-refractivity contribution >= 4 is 21.6 Å². The summed E-state index contributed by atoms with van der Waals surface area (Å²) in [5.41, 5.74) is 7.94. The van der Waals surface area contributed by atoms with Crippen LogP contribution >= 0.6 is 15.9 Å². The standard InChI is InChI=1S/C14H18BrN3O/c1-9(2)7-12-13(16)14(19)18(17-12)8-10-3-5-11(15)6-4-10/h3-6,9,17H,7-8,16H2,1-2H3. The van der Waals surface area contributed by atoms with Gasteiger partial charge in [-0.3, -0.25) is 9.89 Å². The predicted octanol–water partition coefficient (Wildman–Crippen LogP) is 2.77. The number of nitrogen functional groups attached to an aromatic ring is 1. The number of aromatic nitrogens is 2. The number of hydrogen-bond donors (Lipinski definition) is 2. The van der Waals surface area contributed by atoms with Gasteiger partial charge in [0.05, 0.1) is 12.2 Å². The third-order valence-electron chi connectivity index (χ3n) is 2.94. The van der Waals surface area contributed by atoms with Gasteiger partial charge in [-0.2, -0.15) is 0 Å². The van der Waals surface area contributed by atoms with Gasteiger partial charge >= 0.3 is 0 Å². The molecule has 0 aliphatic heterocycles. The molecule has 2 rings (SSSR count). The van der Waals surface area contributed by atoms with Crippen molar-refractivity contribution in [2.45, 2.75) is 26.8 Å². The molecule has 1 heterocycles. The van der Waals surface area contributed by atoms with E-state index < -0.39 is 0 Å². The molecule has 2 aromatic rings. The first kappa shape index (κ1) is 13.9. The van der Waals surface area contributed by atoms with E-state index in [0.29, 0.717) is 18.2 Å². The molecule has 0 spiro atoms. The average Bonchev–Trinajstić information content (AvgIpc) is 2.60. The first-order chi connectivity index (χ1) is 8.97. The van der Waals surface area contributed by atoms with Crippen LogP contribution in [-0.4, -0.2) is 9.78 Å². The minimum Gasteiger partial charge on any atom is -0.393 e. The molecule has 1 aromatic heterocycles. The van der Waals surface area contributed by atoms with Gasteiger partial charge in [-0.05, 0) is 30.0 Å². The summed E-state index contributed by atoms with van der Waals surface area (Å²) in [5, 5.41) is 3.11. The maximum absolute atomic E-state index is 12.0. The second kappa shape index (κ2) is 5.65. The third kappa shape index (κ3) is 3.29. The van der Waals surface area contributed by atoms with E-state index in [1.54, 1.807) is 4.68 Å². The summed E-state index contributed by atoms with van der Waals surface area (Å²) in [5.74, 6) is 0.460. The molecule has 0 saturated heterocycles. The predicted molar refractivity (Wildman–Crippen MR) is 81.3 cm³/mol. The molecule has 0 atom stereocenters. The fourth-order valence-corrected chi connectivity index (χ4v) is 2.26. The van der Waals surface area contributed by atoms with Crippen LogP contribution in [0.25, 0.3) is 0 Å². The van der Waals surface area contributed by atoms with E-state index in [9.17, 15) is 4.79 Å². The van der Waals surface area contributed by atoms with Crippen LogP contribution in [0, 0.1) is 5.92 Å². The molecule has 0 saturated carbocycles. The number of nitrogens with two attached hydrogens (primary N) is 1. The number of benzene rings is 1. The largest absolute Gasteiger partial charge is 0.393 e. The van der Waals surface area contributed by atoms with Gasteiger partial charge in [0.15, 0.2) is 0 Å². The number of hydrogen-bond acceptors (Lipinski definition) is 2. The highest BCUT2D eigenvalue weighted by Gasteiger charge is 2.12. The molecule has 102 valence electrons. The highest BCUT2D eigenvalue weighted by atomic mass is 79.9. The molecule has 0 aliphatic rings. The molecule has 0 bridgehead atoms. The zero-order valence-corrected chi connectivity index (χ0v) is 12.7. The summed E-state index contributed by atoms with van der Waals surface area (Å²) in [6, 6.07) is 7.88. The molecule has 0 unspecified atom stereocenters. The Morgan fingerprint density at radius 2 is 1.95 bits per heavy atom. The highest BCUT2D eigenvalue weighted by Crippen LogP contribution is 2.13. The van der Waals surface area contributed by atoms with Gasteiger partial charge in [-0.15, -0.1) is 0 Å². The second-order valence-corrected chi connectivity index (χ2v) is 6.04. The molecule has 19 heavy (non-hydrogen) atoms. The Labute approximate surface area is 120 Å². The van der Waals surface area contributed by atoms with Crippen molar-refractivity contribution in [3.8, 4) is 0 Å². The van der Waals surface area contributed by atoms with E-state index in [2.05, 4.69) is 34.9 Å². The van der Waals surface area contributed by atoms with Crippen molar-refractivity contribution in [1.82, 2.24) is 9.78 Å². The van der Waals surface area contributed by atoms with E-state index in [0.717, 1.165) is 22.2 Å². The number of rotatable bonds is 4. The lowest BCUT2D eigenvalue weighted by Gasteiger charge is -2.04. The van der Waals surface area contributed by atoms with Crippen molar-refractivity contribution in [3.05, 3.63) is 50.3 Å². The average molecular weight is 324 g/mol. The molecular weight excluding hydrogens is 306 g/mol. The van der Waals surface area contributed by atoms with E-state index >= 15 is 0 Å². The number of aromatic amines is 1. The molecule has 0 amide bonds. The molecule has 0 fully saturated rings. The van der Waals surface area contributed by atoms with Crippen LogP contribution < -0.4 is 11.3 Å². The molecule has 1 aromatic carbocycles. The van der Waals surface area contributed by atoms with Gasteiger partial charge in [-0.25, -0.2) is 4.68 Å². The molecule has 5 heteroatoms. The summed E-state index contributed by atoms with van der Waals surface area (Å²) in [7, 11) is 0. The van der Waals surface area contributed by atoms with Crippen molar-refractivity contribution in [2.24, 2.45) is 5.92 Å². The van der Waals surface area contributed by atoms with Crippen LogP contribution in [0.15, 0.2) is 33.5 Å². The minimum atomic E-state index is -0.140. The van der Waals surface area contributed by atoms with Crippen LogP contribution in [0.3, 0.4) is 0 Å². The number of H-pyrrole nitrogens is 1. The first-order valence-corrected chi connectivity index (χ1v) is 7.08. The number of halogens is 1. The van der Waals surface area contributed by atoms with Gasteiger partial charge < -0.3 is 5.73 Å². The van der Waals surface area contributed by atoms with Crippen molar-refractivity contribution in [3.63, 3.8) is 0 Å². The fourth-order valence-electron chi connectivity index (χ4n) is 2.00. The van der Waals surface area contributed by atoms with E-state index in [-0.39, 0.29) is 5.56 Å². The zero-order chi connectivity index (χ0) is 14.0. The van der Waals surface area contributed by atoms with Gasteiger partial charge in [0.1, 0.15) is 5.69 Å². The number of nitrogens with zero attached hydrogens (tertiary/aromatic N) is 1. The Morgan fingerprint density at radius 3 is 2.53 bits per heavy atom. The normalized spacial score (nSPS) is 11.2. The van der Waals surface area contributed by atoms with Gasteiger partial charge in [0, 0.05) is 4.47 Å². The highest BCUT2D eigenvalue weighted by molar-refractivity contribution is 9.10. The van der Waals surface area contributed by atoms with E-state index in [4.69, 9.17) is 5.73 Å². The maximum Gasteiger partial charge on any atom is 0.290 e. The Balaban J connectivity index is 2.26. The minimum absolute atomic E-state index is 0.140. The third-order valence-corrected chi connectivity index (χ3v) is 3.47. The quantitative estimate of drug-likeness (QED) is 0.908. The monoisotopic (exact) mass is 323 g/mol. The molecule has 0 radical (unpaired) electrons. The smallest absolute Gasteiger partial charge is 0.290 e. The van der Waals surface area contributed by atoms with Crippen molar-refractivity contribution < 1.29 is 0 Å². The summed E-state index contributed by atoms with van der Waals surface area (Å²) >= 11 is 3.39. The lowest BCUT2D eigenvalue weighted by molar-refractivity contribution is 0.603. The van der Waals surface area contributed by atoms with Gasteiger partial charge in [0.25, 0.3) is 5.56 Å². The SMILES string of the molecule is CC(C)Cc1[nH]n(Cc2ccc(Br)cc2)c(=O)c1N. The van der Waals surface area contributed by atoms with Crippen LogP contribution in [0.5, 0.6) is 0 Å². The Hall–Kier alpha value is -1.49. The Morgan fingerprint density at radius 1 is 1.32 bits per heavy atom. The van der Waals surface area contributed by atoms with Gasteiger partial charge in [0.2, 0.25) is 0 Å². The van der Waals surface area contributed by atoms with Gasteiger partial charge in [-0.1, -0.05) is 41.9 Å². The molecule has 3 N–H and O–H groups in total. The Bertz CT molecular complexity index is 611. The van der Waals surface area contributed by atoms with Crippen LogP contribution in [-0.2, 0) is 13.0 Å². The summed E-state index contributed by atoms with van der Waals surface area (Å²) in [6.07, 6.45) is 0.786. The summed E-state index contributed by atoms with van der Waals surface area (Å²) in [4.78, 5) is 12.0. The molecule has 4 nitrogen and oxygen atoms in total. The van der Waals surface area contributed by atoms with Crippen LogP contribution in [0.2, 0.25) is 0 Å².